The van der Waals surface area contributed by atoms with Crippen LogP contribution in [0, 0.1) is 0 Å². The molecule has 1 fully saturated rings. The van der Waals surface area contributed by atoms with E-state index in [9.17, 15) is 18.0 Å². The molecule has 3 rings (SSSR count). The summed E-state index contributed by atoms with van der Waals surface area (Å²) in [6.45, 7) is 4.70. The number of Topliss-reactive ketones (excluding diaryl/α,β-unsaturated/α-hetero) is 1. The summed E-state index contributed by atoms with van der Waals surface area (Å²) in [6.07, 6.45) is 3.07. The zero-order valence-electron chi connectivity index (χ0n) is 16.9. The molecule has 0 amide bonds. The minimum atomic E-state index is -3.62. The van der Waals surface area contributed by atoms with Gasteiger partial charge in [-0.1, -0.05) is 38.1 Å². The maximum Gasteiger partial charge on any atom is 0.355 e. The van der Waals surface area contributed by atoms with Crippen molar-refractivity contribution in [2.45, 2.75) is 37.5 Å². The Balaban J connectivity index is 1.66. The van der Waals surface area contributed by atoms with Gasteiger partial charge in [-0.05, 0) is 30.4 Å². The second-order valence-corrected chi connectivity index (χ2v) is 9.50. The molecule has 2 aromatic rings. The largest absolute Gasteiger partial charge is 0.453 e. The first-order valence-corrected chi connectivity index (χ1v) is 11.1. The molecule has 1 aliphatic heterocycles. The molecule has 29 heavy (non-hydrogen) atoms. The summed E-state index contributed by atoms with van der Waals surface area (Å²) in [4.78, 5) is 24.8. The summed E-state index contributed by atoms with van der Waals surface area (Å²) >= 11 is 0. The van der Waals surface area contributed by atoms with Gasteiger partial charge in [0.15, 0.2) is 12.4 Å². The second kappa shape index (κ2) is 8.51. The van der Waals surface area contributed by atoms with E-state index in [4.69, 9.17) is 4.74 Å². The van der Waals surface area contributed by atoms with Gasteiger partial charge in [-0.25, -0.2) is 13.2 Å². The van der Waals surface area contributed by atoms with E-state index >= 15 is 0 Å². The third-order valence-corrected chi connectivity index (χ3v) is 6.99. The Bertz CT molecular complexity index is 1000. The van der Waals surface area contributed by atoms with E-state index in [0.29, 0.717) is 24.6 Å². The van der Waals surface area contributed by atoms with Gasteiger partial charge in [-0.3, -0.25) is 4.79 Å². The predicted molar refractivity (Wildman–Crippen MR) is 109 cm³/mol. The Morgan fingerprint density at radius 1 is 1.10 bits per heavy atom. The number of ether oxygens (including phenoxy) is 1. The van der Waals surface area contributed by atoms with Crippen LogP contribution in [0.5, 0.6) is 0 Å². The topological polar surface area (TPSA) is 85.7 Å². The number of carbonyl (C=O) groups is 2. The lowest BCUT2D eigenvalue weighted by Crippen LogP contribution is -2.27. The number of sulfonamides is 1. The summed E-state index contributed by atoms with van der Waals surface area (Å²) in [5, 5.41) is 0. The van der Waals surface area contributed by atoms with Crippen molar-refractivity contribution < 1.29 is 22.7 Å². The summed E-state index contributed by atoms with van der Waals surface area (Å²) in [5.41, 5.74) is 1.67. The van der Waals surface area contributed by atoms with E-state index in [1.807, 2.05) is 12.1 Å². The molecule has 0 aliphatic carbocycles. The summed E-state index contributed by atoms with van der Waals surface area (Å²) < 4.78 is 33.3. The van der Waals surface area contributed by atoms with Crippen LogP contribution in [0.15, 0.2) is 41.4 Å². The Kier molecular flexibility index (Phi) is 6.24. The molecule has 1 aromatic carbocycles. The lowest BCUT2D eigenvalue weighted by molar-refractivity contribution is 0.0465. The van der Waals surface area contributed by atoms with Crippen molar-refractivity contribution in [2.75, 3.05) is 19.7 Å². The fourth-order valence-electron chi connectivity index (χ4n) is 3.30. The van der Waals surface area contributed by atoms with Crippen LogP contribution in [0.3, 0.4) is 0 Å². The fraction of sp³-hybridized carbons (Fsp3) is 0.429. The third kappa shape index (κ3) is 4.59. The molecule has 0 atom stereocenters. The number of hydrogen-bond donors (Lipinski definition) is 0. The van der Waals surface area contributed by atoms with Crippen LogP contribution >= 0.6 is 0 Å². The van der Waals surface area contributed by atoms with Gasteiger partial charge < -0.3 is 9.30 Å². The number of benzene rings is 1. The van der Waals surface area contributed by atoms with Crippen LogP contribution < -0.4 is 0 Å². The summed E-state index contributed by atoms with van der Waals surface area (Å²) in [5.74, 6) is -0.685. The van der Waals surface area contributed by atoms with E-state index in [1.165, 1.54) is 21.1 Å². The van der Waals surface area contributed by atoms with Crippen molar-refractivity contribution in [3.8, 4) is 0 Å². The molecule has 7 nitrogen and oxygen atoms in total. The van der Waals surface area contributed by atoms with Gasteiger partial charge in [0.2, 0.25) is 10.0 Å². The number of aromatic nitrogens is 1. The van der Waals surface area contributed by atoms with Crippen molar-refractivity contribution in [3.05, 3.63) is 53.3 Å². The van der Waals surface area contributed by atoms with E-state index in [0.717, 1.165) is 18.4 Å². The van der Waals surface area contributed by atoms with Crippen LogP contribution in [0.25, 0.3) is 0 Å². The summed E-state index contributed by atoms with van der Waals surface area (Å²) in [6, 6.07) is 8.50. The summed E-state index contributed by atoms with van der Waals surface area (Å²) in [7, 11) is -2.05. The second-order valence-electron chi connectivity index (χ2n) is 7.56. The monoisotopic (exact) mass is 418 g/mol. The molecule has 0 radical (unpaired) electrons. The number of nitrogens with zero attached hydrogens (tertiary/aromatic N) is 2. The minimum Gasteiger partial charge on any atom is -0.453 e. The van der Waals surface area contributed by atoms with Gasteiger partial charge >= 0.3 is 5.97 Å². The zero-order chi connectivity index (χ0) is 21.2. The molecule has 0 unspecified atom stereocenters. The smallest absolute Gasteiger partial charge is 0.355 e. The molecule has 156 valence electrons. The molecule has 0 N–H and O–H groups in total. The van der Waals surface area contributed by atoms with Gasteiger partial charge in [-0.2, -0.15) is 4.31 Å². The lowest BCUT2D eigenvalue weighted by Gasteiger charge is -2.13. The number of aryl methyl sites for hydroxylation is 1. The van der Waals surface area contributed by atoms with E-state index < -0.39 is 22.6 Å². The maximum absolute atomic E-state index is 12.7. The molecular formula is C21H26N2O5S. The molecule has 8 heteroatoms. The molecule has 0 spiro atoms. The van der Waals surface area contributed by atoms with Crippen LogP contribution in [-0.2, 0) is 21.8 Å². The lowest BCUT2D eigenvalue weighted by atomic mass is 10.0. The molecular weight excluding hydrogens is 392 g/mol. The Labute approximate surface area is 171 Å². The Hall–Kier alpha value is -2.45. The predicted octanol–water partition coefficient (Wildman–Crippen LogP) is 2.97. The number of ketones is 1. The van der Waals surface area contributed by atoms with Gasteiger partial charge in [0, 0.05) is 31.9 Å². The fourth-order valence-corrected chi connectivity index (χ4v) is 4.89. The highest BCUT2D eigenvalue weighted by Gasteiger charge is 2.29. The first kappa shape index (κ1) is 21.3. The van der Waals surface area contributed by atoms with Crippen molar-refractivity contribution in [2.24, 2.45) is 7.05 Å². The number of carbonyl (C=O) groups excluding carboxylic acids is 2. The Morgan fingerprint density at radius 2 is 1.72 bits per heavy atom. The molecule has 1 aliphatic rings. The first-order valence-electron chi connectivity index (χ1n) is 9.67. The average molecular weight is 419 g/mol. The average Bonchev–Trinajstić information content (AvgIpc) is 3.36. The first-order chi connectivity index (χ1) is 13.7. The van der Waals surface area contributed by atoms with Crippen LogP contribution in [-0.4, -0.2) is 48.7 Å². The van der Waals surface area contributed by atoms with Crippen LogP contribution in [0.4, 0.5) is 0 Å². The Morgan fingerprint density at radius 3 is 2.31 bits per heavy atom. The SMILES string of the molecule is CC(C)c1ccc(C(=O)COC(=O)c2cc(S(=O)(=O)N3CCCC3)cn2C)cc1. The van der Waals surface area contributed by atoms with Crippen LogP contribution in [0.1, 0.15) is 59.0 Å². The minimum absolute atomic E-state index is 0.0597. The van der Waals surface area contributed by atoms with Gasteiger partial charge in [-0.15, -0.1) is 0 Å². The van der Waals surface area contributed by atoms with Gasteiger partial charge in [0.25, 0.3) is 0 Å². The normalized spacial score (nSPS) is 15.0. The highest BCUT2D eigenvalue weighted by Crippen LogP contribution is 2.23. The van der Waals surface area contributed by atoms with E-state index in [1.54, 1.807) is 19.2 Å². The van der Waals surface area contributed by atoms with Crippen molar-refractivity contribution in [1.82, 2.24) is 8.87 Å². The molecule has 0 bridgehead atoms. The molecule has 0 saturated carbocycles. The van der Waals surface area contributed by atoms with Gasteiger partial charge in [0.1, 0.15) is 10.6 Å². The number of hydrogen-bond acceptors (Lipinski definition) is 5. The number of esters is 1. The van der Waals surface area contributed by atoms with E-state index in [-0.39, 0.29) is 16.4 Å². The maximum atomic E-state index is 12.7. The highest BCUT2D eigenvalue weighted by molar-refractivity contribution is 7.89. The number of rotatable bonds is 7. The third-order valence-electron chi connectivity index (χ3n) is 5.13. The standard InChI is InChI=1S/C21H26N2O5S/c1-15(2)16-6-8-17(9-7-16)20(24)14-28-21(25)19-12-18(13-22(19)3)29(26,27)23-10-4-5-11-23/h6-9,12-13,15H,4-5,10-11,14H2,1-3H3. The highest BCUT2D eigenvalue weighted by atomic mass is 32.2. The van der Waals surface area contributed by atoms with Crippen LogP contribution in [0.2, 0.25) is 0 Å². The van der Waals surface area contributed by atoms with Crippen molar-refractivity contribution in [1.29, 1.82) is 0 Å². The van der Waals surface area contributed by atoms with Crippen molar-refractivity contribution >= 4 is 21.8 Å². The molecule has 1 aromatic heterocycles. The quantitative estimate of drug-likeness (QED) is 0.510. The van der Waals surface area contributed by atoms with Gasteiger partial charge in [0.05, 0.1) is 0 Å². The molecule has 1 saturated heterocycles. The van der Waals surface area contributed by atoms with E-state index in [2.05, 4.69) is 13.8 Å². The van der Waals surface area contributed by atoms with Crippen molar-refractivity contribution in [3.63, 3.8) is 0 Å². The zero-order valence-corrected chi connectivity index (χ0v) is 17.7. The molecule has 2 heterocycles.